The minimum atomic E-state index is -0.376. The minimum Gasteiger partial charge on any atom is -0.352 e. The number of piperidine rings is 1. The van der Waals surface area contributed by atoms with Gasteiger partial charge in [-0.05, 0) is 56.3 Å². The average molecular weight is 365 g/mol. The maximum absolute atomic E-state index is 12.1. The molecule has 1 aliphatic rings. The lowest BCUT2D eigenvalue weighted by molar-refractivity contribution is 0.0934. The van der Waals surface area contributed by atoms with Crippen LogP contribution in [0.4, 0.5) is 0 Å². The molecule has 0 spiro atoms. The smallest absolute Gasteiger partial charge is 0.251 e. The van der Waals surface area contributed by atoms with Gasteiger partial charge in [0.2, 0.25) is 0 Å². The zero-order valence-corrected chi connectivity index (χ0v) is 16.6. The highest BCUT2D eigenvalue weighted by Crippen LogP contribution is 2.35. The molecule has 1 fully saturated rings. The Morgan fingerprint density at radius 3 is 2.60 bits per heavy atom. The zero-order chi connectivity index (χ0) is 18.1. The summed E-state index contributed by atoms with van der Waals surface area (Å²) in [5, 5.41) is 3.07. The largest absolute Gasteiger partial charge is 0.352 e. The summed E-state index contributed by atoms with van der Waals surface area (Å²) in [6.07, 6.45) is 2.28. The van der Waals surface area contributed by atoms with Crippen molar-refractivity contribution in [2.24, 2.45) is 5.92 Å². The van der Waals surface area contributed by atoms with Crippen molar-refractivity contribution in [2.75, 3.05) is 39.4 Å². The number of carbonyl (C=O) groups is 1. The predicted octanol–water partition coefficient (Wildman–Crippen LogP) is 3.08. The third-order valence-corrected chi connectivity index (χ3v) is 6.63. The summed E-state index contributed by atoms with van der Waals surface area (Å²) in [6.45, 7) is 11.4. The molecular formula is C19H32N3O2P. The van der Waals surface area contributed by atoms with Crippen molar-refractivity contribution >= 4 is 14.1 Å². The van der Waals surface area contributed by atoms with E-state index in [2.05, 4.69) is 36.2 Å². The molecule has 1 saturated heterocycles. The van der Waals surface area contributed by atoms with Crippen LogP contribution in [0.3, 0.4) is 0 Å². The lowest BCUT2D eigenvalue weighted by Gasteiger charge is -2.32. The molecule has 5 nitrogen and oxygen atoms in total. The van der Waals surface area contributed by atoms with Crippen LogP contribution in [-0.4, -0.2) is 55.9 Å². The SMILES string of the molecule is CC(C)P(C)ONCCN1CCC(CNC(=O)c2ccccc2)CC1. The number of benzene rings is 1. The number of hydrogen-bond acceptors (Lipinski definition) is 4. The lowest BCUT2D eigenvalue weighted by atomic mass is 9.96. The fourth-order valence-corrected chi connectivity index (χ4v) is 3.31. The third kappa shape index (κ3) is 7.41. The standard InChI is InChI=1S/C19H32N3O2P/c1-16(2)25(3)24-21-11-14-22-12-9-17(10-13-22)15-20-19(23)18-7-5-4-6-8-18/h4-8,16-17,21H,9-15H2,1-3H3,(H,20,23). The monoisotopic (exact) mass is 365 g/mol. The number of hydrogen-bond donors (Lipinski definition) is 2. The molecule has 1 atom stereocenters. The second-order valence-corrected chi connectivity index (χ2v) is 9.29. The maximum Gasteiger partial charge on any atom is 0.251 e. The van der Waals surface area contributed by atoms with Crippen molar-refractivity contribution in [2.45, 2.75) is 32.3 Å². The Morgan fingerprint density at radius 1 is 1.28 bits per heavy atom. The Morgan fingerprint density at radius 2 is 1.96 bits per heavy atom. The van der Waals surface area contributed by atoms with Crippen LogP contribution >= 0.6 is 8.15 Å². The van der Waals surface area contributed by atoms with E-state index in [9.17, 15) is 4.79 Å². The highest BCUT2D eigenvalue weighted by atomic mass is 31.1. The third-order valence-electron chi connectivity index (χ3n) is 4.76. The van der Waals surface area contributed by atoms with Gasteiger partial charge in [0.1, 0.15) is 0 Å². The second-order valence-electron chi connectivity index (χ2n) is 6.99. The number of rotatable bonds is 9. The van der Waals surface area contributed by atoms with Gasteiger partial charge in [-0.2, -0.15) is 5.48 Å². The quantitative estimate of drug-likeness (QED) is 0.401. The Balaban J connectivity index is 1.56. The van der Waals surface area contributed by atoms with E-state index in [1.54, 1.807) is 0 Å². The first-order valence-electron chi connectivity index (χ1n) is 9.24. The van der Waals surface area contributed by atoms with Crippen LogP contribution in [0.2, 0.25) is 0 Å². The fourth-order valence-electron chi connectivity index (χ4n) is 2.80. The van der Waals surface area contributed by atoms with Gasteiger partial charge in [0.25, 0.3) is 5.91 Å². The highest BCUT2D eigenvalue weighted by molar-refractivity contribution is 7.52. The molecule has 0 saturated carbocycles. The van der Waals surface area contributed by atoms with E-state index in [4.69, 9.17) is 4.62 Å². The van der Waals surface area contributed by atoms with Gasteiger partial charge in [0, 0.05) is 25.2 Å². The molecule has 6 heteroatoms. The first-order chi connectivity index (χ1) is 12.1. The number of nitrogens with zero attached hydrogens (tertiary/aromatic N) is 1. The molecule has 1 unspecified atom stereocenters. The molecule has 0 bridgehead atoms. The van der Waals surface area contributed by atoms with E-state index in [1.807, 2.05) is 30.3 Å². The molecule has 25 heavy (non-hydrogen) atoms. The van der Waals surface area contributed by atoms with Crippen LogP contribution < -0.4 is 10.8 Å². The van der Waals surface area contributed by atoms with Gasteiger partial charge < -0.3 is 10.2 Å². The van der Waals surface area contributed by atoms with Crippen LogP contribution in [0.5, 0.6) is 0 Å². The van der Waals surface area contributed by atoms with Gasteiger partial charge >= 0.3 is 0 Å². The average Bonchev–Trinajstić information content (AvgIpc) is 2.64. The van der Waals surface area contributed by atoms with Crippen LogP contribution in [0, 0.1) is 5.92 Å². The number of carbonyl (C=O) groups excluding carboxylic acids is 1. The summed E-state index contributed by atoms with van der Waals surface area (Å²) < 4.78 is 5.66. The number of amides is 1. The Labute approximate surface area is 153 Å². The van der Waals surface area contributed by atoms with Crippen LogP contribution in [0.25, 0.3) is 0 Å². The number of likely N-dealkylation sites (tertiary alicyclic amines) is 1. The summed E-state index contributed by atoms with van der Waals surface area (Å²) >= 11 is 0. The topological polar surface area (TPSA) is 53.6 Å². The maximum atomic E-state index is 12.1. The summed E-state index contributed by atoms with van der Waals surface area (Å²) in [5.41, 5.74) is 4.44. The molecule has 0 aliphatic carbocycles. The lowest BCUT2D eigenvalue weighted by Crippen LogP contribution is -2.41. The van der Waals surface area contributed by atoms with E-state index < -0.39 is 0 Å². The Hall–Kier alpha value is -1.00. The Kier molecular flexibility index (Phi) is 8.83. The second kappa shape index (κ2) is 10.9. The Bertz CT molecular complexity index is 505. The zero-order valence-electron chi connectivity index (χ0n) is 15.7. The highest BCUT2D eigenvalue weighted by Gasteiger charge is 2.19. The molecule has 2 N–H and O–H groups in total. The van der Waals surface area contributed by atoms with Gasteiger partial charge in [-0.3, -0.25) is 9.42 Å². The molecule has 1 amide bonds. The first-order valence-corrected chi connectivity index (χ1v) is 11.0. The van der Waals surface area contributed by atoms with Crippen molar-refractivity contribution in [3.8, 4) is 0 Å². The van der Waals surface area contributed by atoms with E-state index in [0.717, 1.165) is 51.1 Å². The summed E-state index contributed by atoms with van der Waals surface area (Å²) in [5.74, 6) is 0.614. The van der Waals surface area contributed by atoms with Crippen molar-refractivity contribution < 1.29 is 9.42 Å². The number of nitrogens with one attached hydrogen (secondary N) is 2. The molecule has 140 valence electrons. The van der Waals surface area contributed by atoms with E-state index in [0.29, 0.717) is 11.6 Å². The molecule has 0 radical (unpaired) electrons. The van der Waals surface area contributed by atoms with Crippen molar-refractivity contribution in [3.63, 3.8) is 0 Å². The molecule has 1 heterocycles. The van der Waals surface area contributed by atoms with Gasteiger partial charge in [-0.15, -0.1) is 0 Å². The van der Waals surface area contributed by atoms with Crippen LogP contribution in [0.1, 0.15) is 37.0 Å². The van der Waals surface area contributed by atoms with E-state index in [-0.39, 0.29) is 14.1 Å². The molecule has 1 aromatic carbocycles. The molecule has 1 aromatic rings. The van der Waals surface area contributed by atoms with Crippen LogP contribution in [0.15, 0.2) is 30.3 Å². The summed E-state index contributed by atoms with van der Waals surface area (Å²) in [4.78, 5) is 14.6. The number of hydroxylamine groups is 1. The van der Waals surface area contributed by atoms with Crippen molar-refractivity contribution in [1.29, 1.82) is 0 Å². The normalized spacial score (nSPS) is 17.6. The fraction of sp³-hybridized carbons (Fsp3) is 0.632. The van der Waals surface area contributed by atoms with E-state index in [1.165, 1.54) is 0 Å². The van der Waals surface area contributed by atoms with Gasteiger partial charge in [-0.1, -0.05) is 32.0 Å². The van der Waals surface area contributed by atoms with Gasteiger partial charge in [0.15, 0.2) is 0 Å². The van der Waals surface area contributed by atoms with Crippen molar-refractivity contribution in [3.05, 3.63) is 35.9 Å². The molecular weight excluding hydrogens is 333 g/mol. The summed E-state index contributed by atoms with van der Waals surface area (Å²) in [7, 11) is -0.376. The minimum absolute atomic E-state index is 0.0330. The first kappa shape index (κ1) is 20.3. The predicted molar refractivity (Wildman–Crippen MR) is 105 cm³/mol. The van der Waals surface area contributed by atoms with Gasteiger partial charge in [0.05, 0.1) is 8.15 Å². The van der Waals surface area contributed by atoms with Crippen LogP contribution in [-0.2, 0) is 4.62 Å². The summed E-state index contributed by atoms with van der Waals surface area (Å²) in [6, 6.07) is 9.43. The molecule has 1 aliphatic heterocycles. The van der Waals surface area contributed by atoms with Crippen molar-refractivity contribution in [1.82, 2.24) is 15.7 Å². The molecule has 2 rings (SSSR count). The molecule has 0 aromatic heterocycles. The van der Waals surface area contributed by atoms with E-state index >= 15 is 0 Å². The van der Waals surface area contributed by atoms with Gasteiger partial charge in [-0.25, -0.2) is 0 Å².